The van der Waals surface area contributed by atoms with Gasteiger partial charge in [0.2, 0.25) is 0 Å². The second kappa shape index (κ2) is 5.89. The third-order valence-corrected chi connectivity index (χ3v) is 3.35. The summed E-state index contributed by atoms with van der Waals surface area (Å²) in [5.41, 5.74) is 3.17. The minimum Gasteiger partial charge on any atom is -0.481 e. The quantitative estimate of drug-likeness (QED) is 0.886. The Kier molecular flexibility index (Phi) is 4.23. The van der Waals surface area contributed by atoms with Gasteiger partial charge in [0, 0.05) is 5.02 Å². The molecule has 0 saturated heterocycles. The van der Waals surface area contributed by atoms with Gasteiger partial charge in [-0.15, -0.1) is 0 Å². The fourth-order valence-electron chi connectivity index (χ4n) is 2.05. The molecule has 0 fully saturated rings. The van der Waals surface area contributed by atoms with Crippen LogP contribution in [0.3, 0.4) is 0 Å². The zero-order valence-corrected chi connectivity index (χ0v) is 11.4. The molecule has 2 rings (SSSR count). The standard InChI is InChI=1S/C16H15ClO2/c1-11(9-16(18)19)12-5-7-13(8-6-12)14-3-2-4-15(17)10-14/h2-8,10-11H,9H2,1H3,(H,18,19). The second-order valence-electron chi connectivity index (χ2n) is 4.63. The van der Waals surface area contributed by atoms with E-state index in [1.165, 1.54) is 0 Å². The molecule has 0 aliphatic rings. The first kappa shape index (κ1) is 13.6. The summed E-state index contributed by atoms with van der Waals surface area (Å²) in [4.78, 5) is 10.7. The fourth-order valence-corrected chi connectivity index (χ4v) is 2.24. The summed E-state index contributed by atoms with van der Waals surface area (Å²) < 4.78 is 0. The van der Waals surface area contributed by atoms with E-state index < -0.39 is 5.97 Å². The van der Waals surface area contributed by atoms with Crippen LogP contribution < -0.4 is 0 Å². The van der Waals surface area contributed by atoms with E-state index in [4.69, 9.17) is 16.7 Å². The van der Waals surface area contributed by atoms with Gasteiger partial charge in [-0.05, 0) is 34.7 Å². The van der Waals surface area contributed by atoms with Crippen molar-refractivity contribution in [2.24, 2.45) is 0 Å². The van der Waals surface area contributed by atoms with Crippen molar-refractivity contribution in [3.05, 3.63) is 59.1 Å². The molecule has 0 heterocycles. The van der Waals surface area contributed by atoms with Gasteiger partial charge >= 0.3 is 5.97 Å². The molecule has 0 aromatic heterocycles. The Morgan fingerprint density at radius 3 is 2.42 bits per heavy atom. The maximum atomic E-state index is 10.7. The summed E-state index contributed by atoms with van der Waals surface area (Å²) >= 11 is 5.97. The van der Waals surface area contributed by atoms with Crippen molar-refractivity contribution in [2.45, 2.75) is 19.3 Å². The average Bonchev–Trinajstić information content (AvgIpc) is 2.38. The third-order valence-electron chi connectivity index (χ3n) is 3.12. The molecule has 19 heavy (non-hydrogen) atoms. The number of carboxylic acids is 1. The number of carbonyl (C=O) groups is 1. The molecule has 0 spiro atoms. The minimum absolute atomic E-state index is 0.0194. The normalized spacial score (nSPS) is 12.1. The van der Waals surface area contributed by atoms with Crippen molar-refractivity contribution in [1.29, 1.82) is 0 Å². The third kappa shape index (κ3) is 3.58. The lowest BCUT2D eigenvalue weighted by molar-refractivity contribution is -0.137. The van der Waals surface area contributed by atoms with E-state index in [1.54, 1.807) is 0 Å². The molecule has 2 aromatic carbocycles. The van der Waals surface area contributed by atoms with Crippen LogP contribution >= 0.6 is 11.6 Å². The first-order valence-corrected chi connectivity index (χ1v) is 6.52. The van der Waals surface area contributed by atoms with Crippen LogP contribution in [-0.2, 0) is 4.79 Å². The van der Waals surface area contributed by atoms with Gasteiger partial charge in [0.1, 0.15) is 0 Å². The number of hydrogen-bond donors (Lipinski definition) is 1. The Labute approximate surface area is 117 Å². The SMILES string of the molecule is CC(CC(=O)O)c1ccc(-c2cccc(Cl)c2)cc1. The van der Waals surface area contributed by atoms with Gasteiger partial charge in [0.05, 0.1) is 6.42 Å². The van der Waals surface area contributed by atoms with Crippen molar-refractivity contribution in [3.8, 4) is 11.1 Å². The zero-order valence-electron chi connectivity index (χ0n) is 10.6. The van der Waals surface area contributed by atoms with Crippen LogP contribution in [0.25, 0.3) is 11.1 Å². The monoisotopic (exact) mass is 274 g/mol. The molecule has 0 aliphatic carbocycles. The average molecular weight is 275 g/mol. The van der Waals surface area contributed by atoms with Crippen molar-refractivity contribution in [3.63, 3.8) is 0 Å². The number of carboxylic acid groups (broad SMARTS) is 1. The van der Waals surface area contributed by atoms with E-state index in [-0.39, 0.29) is 12.3 Å². The molecule has 2 nitrogen and oxygen atoms in total. The molecule has 1 unspecified atom stereocenters. The highest BCUT2D eigenvalue weighted by Gasteiger charge is 2.10. The van der Waals surface area contributed by atoms with Crippen LogP contribution in [0.15, 0.2) is 48.5 Å². The maximum Gasteiger partial charge on any atom is 0.303 e. The topological polar surface area (TPSA) is 37.3 Å². The first-order chi connectivity index (χ1) is 9.06. The van der Waals surface area contributed by atoms with Gasteiger partial charge in [-0.1, -0.05) is 54.9 Å². The highest BCUT2D eigenvalue weighted by atomic mass is 35.5. The van der Waals surface area contributed by atoms with Gasteiger partial charge in [0.25, 0.3) is 0 Å². The lowest BCUT2D eigenvalue weighted by atomic mass is 9.95. The largest absolute Gasteiger partial charge is 0.481 e. The van der Waals surface area contributed by atoms with Crippen LogP contribution in [0.1, 0.15) is 24.8 Å². The van der Waals surface area contributed by atoms with E-state index >= 15 is 0 Å². The predicted molar refractivity (Wildman–Crippen MR) is 77.6 cm³/mol. The molecule has 0 amide bonds. The molecule has 3 heteroatoms. The second-order valence-corrected chi connectivity index (χ2v) is 5.07. The van der Waals surface area contributed by atoms with Gasteiger partial charge in [-0.3, -0.25) is 4.79 Å². The highest BCUT2D eigenvalue weighted by Crippen LogP contribution is 2.26. The molecule has 0 aliphatic heterocycles. The summed E-state index contributed by atoms with van der Waals surface area (Å²) in [5.74, 6) is -0.752. The maximum absolute atomic E-state index is 10.7. The lowest BCUT2D eigenvalue weighted by Gasteiger charge is -2.10. The molecule has 0 bridgehead atoms. The van der Waals surface area contributed by atoms with Gasteiger partial charge in [-0.2, -0.15) is 0 Å². The zero-order chi connectivity index (χ0) is 13.8. The number of aliphatic carboxylic acids is 1. The Morgan fingerprint density at radius 1 is 1.16 bits per heavy atom. The van der Waals surface area contributed by atoms with E-state index in [9.17, 15) is 4.79 Å². The molecule has 2 aromatic rings. The summed E-state index contributed by atoms with van der Waals surface area (Å²) in [6, 6.07) is 15.6. The molecular weight excluding hydrogens is 260 g/mol. The fraction of sp³-hybridized carbons (Fsp3) is 0.188. The van der Waals surface area contributed by atoms with Crippen LogP contribution in [-0.4, -0.2) is 11.1 Å². The van der Waals surface area contributed by atoms with Crippen LogP contribution in [0, 0.1) is 0 Å². The molecular formula is C16H15ClO2. The summed E-state index contributed by atoms with van der Waals surface area (Å²) in [7, 11) is 0. The molecule has 1 N–H and O–H groups in total. The first-order valence-electron chi connectivity index (χ1n) is 6.14. The van der Waals surface area contributed by atoms with Gasteiger partial charge < -0.3 is 5.11 Å². The van der Waals surface area contributed by atoms with Crippen molar-refractivity contribution >= 4 is 17.6 Å². The van der Waals surface area contributed by atoms with Crippen LogP contribution in [0.5, 0.6) is 0 Å². The number of benzene rings is 2. The Hall–Kier alpha value is -1.80. The Bertz CT molecular complexity index is 576. The smallest absolute Gasteiger partial charge is 0.303 e. The van der Waals surface area contributed by atoms with Gasteiger partial charge in [0.15, 0.2) is 0 Å². The number of rotatable bonds is 4. The number of halogens is 1. The Balaban J connectivity index is 2.21. The Morgan fingerprint density at radius 2 is 1.84 bits per heavy atom. The molecule has 0 saturated carbocycles. The summed E-state index contributed by atoms with van der Waals surface area (Å²) in [5, 5.41) is 9.50. The lowest BCUT2D eigenvalue weighted by Crippen LogP contribution is -2.02. The van der Waals surface area contributed by atoms with E-state index in [1.807, 2.05) is 55.5 Å². The summed E-state index contributed by atoms with van der Waals surface area (Å²) in [6.07, 6.45) is 0.149. The van der Waals surface area contributed by atoms with Crippen LogP contribution in [0.2, 0.25) is 5.02 Å². The van der Waals surface area contributed by atoms with E-state index in [0.717, 1.165) is 16.7 Å². The van der Waals surface area contributed by atoms with Crippen molar-refractivity contribution < 1.29 is 9.90 Å². The minimum atomic E-state index is -0.772. The van der Waals surface area contributed by atoms with Gasteiger partial charge in [-0.25, -0.2) is 0 Å². The molecule has 98 valence electrons. The number of hydrogen-bond acceptors (Lipinski definition) is 1. The highest BCUT2D eigenvalue weighted by molar-refractivity contribution is 6.30. The van der Waals surface area contributed by atoms with Crippen LogP contribution in [0.4, 0.5) is 0 Å². The van der Waals surface area contributed by atoms with Crippen molar-refractivity contribution in [1.82, 2.24) is 0 Å². The van der Waals surface area contributed by atoms with E-state index in [2.05, 4.69) is 0 Å². The predicted octanol–water partition coefficient (Wildman–Crippen LogP) is 4.59. The van der Waals surface area contributed by atoms with E-state index in [0.29, 0.717) is 5.02 Å². The van der Waals surface area contributed by atoms with Crippen molar-refractivity contribution in [2.75, 3.05) is 0 Å². The summed E-state index contributed by atoms with van der Waals surface area (Å²) in [6.45, 7) is 1.92. The molecule has 0 radical (unpaired) electrons. The molecule has 1 atom stereocenters.